The van der Waals surface area contributed by atoms with Crippen LogP contribution in [-0.4, -0.2) is 36.2 Å². The molecule has 2 aromatic rings. The number of nitrogens with one attached hydrogen (secondary N) is 2. The molecule has 8 nitrogen and oxygen atoms in total. The van der Waals surface area contributed by atoms with Gasteiger partial charge in [-0.25, -0.2) is 13.9 Å². The quantitative estimate of drug-likeness (QED) is 0.548. The number of benzene rings is 1. The van der Waals surface area contributed by atoms with Gasteiger partial charge in [-0.1, -0.05) is 36.0 Å². The number of halogens is 2. The van der Waals surface area contributed by atoms with Crippen molar-refractivity contribution < 1.29 is 19.4 Å². The summed E-state index contributed by atoms with van der Waals surface area (Å²) in [6, 6.07) is 2.00. The molecule has 0 atom stereocenters. The summed E-state index contributed by atoms with van der Waals surface area (Å²) < 4.78 is 5.99. The fourth-order valence-corrected chi connectivity index (χ4v) is 2.75. The Morgan fingerprint density at radius 1 is 1.27 bits per heavy atom. The standard InChI is InChI=1S/C15H14Cl2N4O4S/c1-18-10-4-12(25-2)7(14(22)23)3-11(10)21(26)15(24)20-13-8(16)5-19-6-9(13)17/h3-6,18,26H,1-2H3,(H,22,23)(H,19,20,24). The number of hydrogen-bond donors (Lipinski definition) is 4. The Labute approximate surface area is 164 Å². The summed E-state index contributed by atoms with van der Waals surface area (Å²) >= 11 is 16.1. The molecule has 0 bridgehead atoms. The molecule has 0 unspecified atom stereocenters. The van der Waals surface area contributed by atoms with Gasteiger partial charge in [-0.15, -0.1) is 0 Å². The number of carboxylic acid groups (broad SMARTS) is 1. The SMILES string of the molecule is CNc1cc(OC)c(C(=O)O)cc1N(S)C(=O)Nc1c(Cl)cncc1Cl. The number of methoxy groups -OCH3 is 1. The highest BCUT2D eigenvalue weighted by atomic mass is 35.5. The van der Waals surface area contributed by atoms with Crippen molar-refractivity contribution in [3.8, 4) is 5.75 Å². The van der Waals surface area contributed by atoms with Crippen molar-refractivity contribution in [2.45, 2.75) is 0 Å². The van der Waals surface area contributed by atoms with E-state index in [1.54, 1.807) is 7.05 Å². The Kier molecular flexibility index (Phi) is 6.41. The van der Waals surface area contributed by atoms with Crippen LogP contribution in [0, 0.1) is 0 Å². The third-order valence-corrected chi connectivity index (χ3v) is 4.29. The summed E-state index contributed by atoms with van der Waals surface area (Å²) in [6.45, 7) is 0. The van der Waals surface area contributed by atoms with Crippen molar-refractivity contribution >= 4 is 65.1 Å². The van der Waals surface area contributed by atoms with Gasteiger partial charge in [-0.2, -0.15) is 0 Å². The van der Waals surface area contributed by atoms with Crippen LogP contribution in [0.3, 0.4) is 0 Å². The predicted octanol–water partition coefficient (Wildman–Crippen LogP) is 4.02. The average Bonchev–Trinajstić information content (AvgIpc) is 2.62. The van der Waals surface area contributed by atoms with Crippen LogP contribution >= 0.6 is 36.0 Å². The highest BCUT2D eigenvalue weighted by molar-refractivity contribution is 7.82. The molecule has 0 saturated heterocycles. The number of pyridine rings is 1. The van der Waals surface area contributed by atoms with E-state index in [1.807, 2.05) is 0 Å². The van der Waals surface area contributed by atoms with Crippen molar-refractivity contribution in [3.05, 3.63) is 40.1 Å². The van der Waals surface area contributed by atoms with Gasteiger partial charge in [0.05, 0.1) is 34.2 Å². The zero-order valence-corrected chi connectivity index (χ0v) is 16.0. The number of carbonyl (C=O) groups excluding carboxylic acids is 1. The van der Waals surface area contributed by atoms with E-state index in [0.29, 0.717) is 5.69 Å². The van der Waals surface area contributed by atoms with Crippen LogP contribution in [0.15, 0.2) is 24.5 Å². The number of aromatic carboxylic acids is 1. The van der Waals surface area contributed by atoms with Crippen LogP contribution in [0.25, 0.3) is 0 Å². The molecular weight excluding hydrogens is 403 g/mol. The average molecular weight is 417 g/mol. The van der Waals surface area contributed by atoms with E-state index in [9.17, 15) is 14.7 Å². The van der Waals surface area contributed by atoms with Crippen LogP contribution < -0.4 is 19.7 Å². The van der Waals surface area contributed by atoms with Crippen LogP contribution in [0.4, 0.5) is 21.9 Å². The van der Waals surface area contributed by atoms with Gasteiger partial charge < -0.3 is 20.5 Å². The van der Waals surface area contributed by atoms with Crippen molar-refractivity contribution in [3.63, 3.8) is 0 Å². The summed E-state index contributed by atoms with van der Waals surface area (Å²) in [5, 5.41) is 15.0. The van der Waals surface area contributed by atoms with Crippen LogP contribution in [0.1, 0.15) is 10.4 Å². The number of aromatic nitrogens is 1. The Morgan fingerprint density at radius 2 is 1.88 bits per heavy atom. The minimum Gasteiger partial charge on any atom is -0.496 e. The van der Waals surface area contributed by atoms with Gasteiger partial charge >= 0.3 is 12.0 Å². The van der Waals surface area contributed by atoms with Gasteiger partial charge in [0.2, 0.25) is 0 Å². The molecule has 0 saturated carbocycles. The number of carboxylic acids is 1. The lowest BCUT2D eigenvalue weighted by Gasteiger charge is -2.21. The van der Waals surface area contributed by atoms with Gasteiger partial charge in [-0.05, 0) is 6.07 Å². The molecule has 1 heterocycles. The molecule has 3 N–H and O–H groups in total. The van der Waals surface area contributed by atoms with E-state index in [4.69, 9.17) is 27.9 Å². The smallest absolute Gasteiger partial charge is 0.339 e. The summed E-state index contributed by atoms with van der Waals surface area (Å²) in [7, 11) is 2.95. The Hall–Kier alpha value is -2.36. The van der Waals surface area contributed by atoms with Crippen molar-refractivity contribution in [2.24, 2.45) is 0 Å². The van der Waals surface area contributed by atoms with Crippen LogP contribution in [-0.2, 0) is 0 Å². The lowest BCUT2D eigenvalue weighted by atomic mass is 10.1. The van der Waals surface area contributed by atoms with E-state index >= 15 is 0 Å². The highest BCUT2D eigenvalue weighted by Gasteiger charge is 2.22. The summed E-state index contributed by atoms with van der Waals surface area (Å²) in [5.41, 5.74) is 0.635. The molecule has 0 aliphatic heterocycles. The van der Waals surface area contributed by atoms with Crippen molar-refractivity contribution in [2.75, 3.05) is 29.1 Å². The van der Waals surface area contributed by atoms with Crippen LogP contribution in [0.2, 0.25) is 10.0 Å². The monoisotopic (exact) mass is 416 g/mol. The van der Waals surface area contributed by atoms with Crippen LogP contribution in [0.5, 0.6) is 5.75 Å². The molecule has 2 rings (SSSR count). The minimum atomic E-state index is -1.21. The fraction of sp³-hybridized carbons (Fsp3) is 0.133. The molecule has 11 heteroatoms. The first kappa shape index (κ1) is 20.0. The van der Waals surface area contributed by atoms with Gasteiger partial charge in [0.15, 0.2) is 0 Å². The highest BCUT2D eigenvalue weighted by Crippen LogP contribution is 2.36. The Balaban J connectivity index is 2.41. The first-order chi connectivity index (χ1) is 12.3. The molecule has 0 aliphatic rings. The molecule has 0 spiro atoms. The van der Waals surface area contributed by atoms with E-state index in [-0.39, 0.29) is 32.7 Å². The number of rotatable bonds is 5. The second kappa shape index (κ2) is 8.35. The lowest BCUT2D eigenvalue weighted by Crippen LogP contribution is -2.28. The zero-order chi connectivity index (χ0) is 19.4. The largest absolute Gasteiger partial charge is 0.496 e. The third-order valence-electron chi connectivity index (χ3n) is 3.32. The number of amides is 2. The molecule has 1 aromatic carbocycles. The van der Waals surface area contributed by atoms with Gasteiger partial charge in [-0.3, -0.25) is 4.98 Å². The maximum absolute atomic E-state index is 12.5. The summed E-state index contributed by atoms with van der Waals surface area (Å²) in [6.07, 6.45) is 2.64. The number of urea groups is 1. The molecule has 0 radical (unpaired) electrons. The molecule has 0 aliphatic carbocycles. The number of ether oxygens (including phenoxy) is 1. The zero-order valence-electron chi connectivity index (χ0n) is 13.6. The molecular formula is C15H14Cl2N4O4S. The second-order valence-corrected chi connectivity index (χ2v) is 6.06. The minimum absolute atomic E-state index is 0.131. The maximum atomic E-state index is 12.5. The van der Waals surface area contributed by atoms with E-state index < -0.39 is 12.0 Å². The molecule has 1 aromatic heterocycles. The van der Waals surface area contributed by atoms with Gasteiger partial charge in [0.25, 0.3) is 0 Å². The fourth-order valence-electron chi connectivity index (χ4n) is 2.08. The first-order valence-electron chi connectivity index (χ1n) is 7.02. The molecule has 2 amide bonds. The third kappa shape index (κ3) is 4.06. The number of nitrogens with zero attached hydrogens (tertiary/aromatic N) is 2. The van der Waals surface area contributed by atoms with Crippen molar-refractivity contribution in [1.29, 1.82) is 0 Å². The van der Waals surface area contributed by atoms with Crippen molar-refractivity contribution in [1.82, 2.24) is 4.98 Å². The summed E-state index contributed by atoms with van der Waals surface area (Å²) in [5.74, 6) is -1.08. The van der Waals surface area contributed by atoms with Gasteiger partial charge in [0, 0.05) is 25.5 Å². The topological polar surface area (TPSA) is 104 Å². The number of carbonyl (C=O) groups is 2. The first-order valence-corrected chi connectivity index (χ1v) is 8.17. The molecule has 0 fully saturated rings. The number of hydrogen-bond acceptors (Lipinski definition) is 6. The lowest BCUT2D eigenvalue weighted by molar-refractivity contribution is 0.0693. The molecule has 26 heavy (non-hydrogen) atoms. The van der Waals surface area contributed by atoms with E-state index in [0.717, 1.165) is 4.31 Å². The normalized spacial score (nSPS) is 10.2. The number of thiol groups is 1. The van der Waals surface area contributed by atoms with E-state index in [1.165, 1.54) is 31.6 Å². The predicted molar refractivity (Wildman–Crippen MR) is 104 cm³/mol. The van der Waals surface area contributed by atoms with Gasteiger partial charge in [0.1, 0.15) is 11.3 Å². The summed E-state index contributed by atoms with van der Waals surface area (Å²) in [4.78, 5) is 27.7. The second-order valence-electron chi connectivity index (χ2n) is 4.84. The van der Waals surface area contributed by atoms with E-state index in [2.05, 4.69) is 28.4 Å². The number of anilines is 3. The maximum Gasteiger partial charge on any atom is 0.339 e. The molecule has 138 valence electrons. The Morgan fingerprint density at radius 3 is 2.38 bits per heavy atom. The Bertz CT molecular complexity index is 846.